The highest BCUT2D eigenvalue weighted by Gasteiger charge is 2.47. The van der Waals surface area contributed by atoms with Crippen molar-refractivity contribution in [2.75, 3.05) is 175 Å². The number of piperazine rings is 1. The molecule has 68 heavy (non-hydrogen) atoms. The molecule has 32 heteroatoms. The number of carbonyl (C=O) groups excluding carboxylic acids is 1. The van der Waals surface area contributed by atoms with E-state index in [-0.39, 0.29) is 111 Å². The molecule has 5 heterocycles. The number of amides is 1. The van der Waals surface area contributed by atoms with Crippen LogP contribution in [0.25, 0.3) is 0 Å². The monoisotopic (exact) mass is 1110 g/mol. The molecule has 1 amide bonds. The number of hydrogen-bond acceptors (Lipinski definition) is 16. The minimum absolute atomic E-state index is 0.0133. The molecule has 0 aliphatic carbocycles. The second-order valence-electron chi connectivity index (χ2n) is 18.0. The molecule has 398 valence electrons. The molecule has 2 N–H and O–H groups in total. The maximum atomic E-state index is 14.9. The predicted octanol–water partition coefficient (Wildman–Crippen LogP) is 1.56. The van der Waals surface area contributed by atoms with E-state index in [2.05, 4.69) is 33.0 Å². The molecule has 0 bridgehead atoms. The lowest BCUT2D eigenvalue weighted by atomic mass is 10.3. The van der Waals surface area contributed by atoms with Gasteiger partial charge in [0.15, 0.2) is 0 Å². The highest BCUT2D eigenvalue weighted by atomic mass is 31.2. The zero-order valence-corrected chi connectivity index (χ0v) is 48.1. The lowest BCUT2D eigenvalue weighted by Crippen LogP contribution is -2.50. The van der Waals surface area contributed by atoms with E-state index in [4.69, 9.17) is 46.9 Å². The summed E-state index contributed by atoms with van der Waals surface area (Å²) >= 11 is 0. The zero-order valence-electron chi connectivity index (χ0n) is 41.1. The summed E-state index contributed by atoms with van der Waals surface area (Å²) in [5.74, 6) is -1.35. The fourth-order valence-corrected chi connectivity index (χ4v) is 18.3. The standard InChI is InChI=1S/C36H79N10O15P7/c1-28-16-37-17-29(58-28)24-54-66(50,39(4)5)44-19-31(60-33(62)21-44)26-56-68(52,41(8)9)46-20-32(61-35(64)23-46)27-57-67(51,40(6)7)45-18-30(59-34(63)22-45)25-55-65(49,38(2)3)43-12-10-42(11-13-43)36(48)53-15-14-47/h28-35,37,47H,10-27,62-64H2,1-9H3. The van der Waals surface area contributed by atoms with Gasteiger partial charge in [-0.05, 0) is 63.3 Å². The molecule has 5 saturated heterocycles. The third kappa shape index (κ3) is 15.4. The number of aliphatic hydroxyl groups excluding tert-OH is 1. The van der Waals surface area contributed by atoms with Crippen molar-refractivity contribution in [3.8, 4) is 0 Å². The first-order chi connectivity index (χ1) is 31.9. The summed E-state index contributed by atoms with van der Waals surface area (Å²) in [7, 11) is 6.75. The van der Waals surface area contributed by atoms with Crippen molar-refractivity contribution in [3.63, 3.8) is 0 Å². The van der Waals surface area contributed by atoms with Gasteiger partial charge in [0, 0.05) is 78.5 Å². The van der Waals surface area contributed by atoms with Crippen LogP contribution in [0.1, 0.15) is 6.92 Å². The van der Waals surface area contributed by atoms with Crippen LogP contribution in [0, 0.1) is 0 Å². The molecule has 0 aromatic rings. The van der Waals surface area contributed by atoms with E-state index >= 15 is 0 Å². The first kappa shape index (κ1) is 59.6. The Morgan fingerprint density at radius 2 is 0.912 bits per heavy atom. The van der Waals surface area contributed by atoms with Crippen LogP contribution in [0.2, 0.25) is 0 Å². The van der Waals surface area contributed by atoms with Crippen molar-refractivity contribution in [3.05, 3.63) is 0 Å². The summed E-state index contributed by atoms with van der Waals surface area (Å²) in [5.41, 5.74) is 0. The average molecular weight is 1110 g/mol. The van der Waals surface area contributed by atoms with E-state index in [0.717, 1.165) is 6.54 Å². The third-order valence-corrected chi connectivity index (χ3v) is 23.1. The van der Waals surface area contributed by atoms with Gasteiger partial charge in [-0.1, -0.05) is 0 Å². The van der Waals surface area contributed by atoms with E-state index in [1.54, 1.807) is 84.4 Å². The second kappa shape index (κ2) is 26.5. The van der Waals surface area contributed by atoms with Crippen LogP contribution >= 0.6 is 58.4 Å². The van der Waals surface area contributed by atoms with E-state index in [9.17, 15) is 23.1 Å². The molecule has 0 spiro atoms. The van der Waals surface area contributed by atoms with E-state index in [1.807, 2.05) is 6.92 Å². The quantitative estimate of drug-likeness (QED) is 0.147. The third-order valence-electron chi connectivity index (χ3n) is 11.7. The van der Waals surface area contributed by atoms with Gasteiger partial charge in [0.1, 0.15) is 6.61 Å². The normalized spacial score (nSPS) is 32.5. The summed E-state index contributed by atoms with van der Waals surface area (Å²) in [4.78, 5) is 13.8. The molecule has 0 saturated carbocycles. The van der Waals surface area contributed by atoms with Gasteiger partial charge in [0.2, 0.25) is 0 Å². The minimum Gasteiger partial charge on any atom is -0.447 e. The molecule has 5 rings (SSSR count). The Morgan fingerprint density at radius 1 is 0.559 bits per heavy atom. The molecule has 5 fully saturated rings. The molecular formula is C36H79N10O15P7. The van der Waals surface area contributed by atoms with Crippen molar-refractivity contribution >= 4 is 64.5 Å². The number of aliphatic hydroxyl groups is 1. The lowest BCUT2D eigenvalue weighted by Gasteiger charge is -2.45. The largest absolute Gasteiger partial charge is 0.447 e. The first-order valence-electron chi connectivity index (χ1n) is 22.8. The summed E-state index contributed by atoms with van der Waals surface area (Å²) in [6.45, 7) is 5.11. The van der Waals surface area contributed by atoms with Gasteiger partial charge in [-0.2, -0.15) is 0 Å². The Balaban J connectivity index is 1.19. The maximum Gasteiger partial charge on any atom is 0.409 e. The van der Waals surface area contributed by atoms with Crippen molar-refractivity contribution < 1.29 is 69.9 Å². The number of hydrogen-bond donors (Lipinski definition) is 2. The van der Waals surface area contributed by atoms with E-state index in [0.29, 0.717) is 13.1 Å². The minimum atomic E-state index is -3.75. The van der Waals surface area contributed by atoms with Crippen LogP contribution in [0.3, 0.4) is 0 Å². The van der Waals surface area contributed by atoms with Gasteiger partial charge in [-0.15, -0.1) is 27.7 Å². The van der Waals surface area contributed by atoms with Gasteiger partial charge in [-0.3, -0.25) is 18.3 Å². The summed E-state index contributed by atoms with van der Waals surface area (Å²) in [6.07, 6.45) is -2.70. The summed E-state index contributed by atoms with van der Waals surface area (Å²) < 4.78 is 127. The van der Waals surface area contributed by atoms with Crippen molar-refractivity contribution in [2.45, 2.75) is 55.0 Å². The van der Waals surface area contributed by atoms with E-state index < -0.39 is 72.6 Å². The fraction of sp³-hybridized carbons (Fsp3) is 0.972. The summed E-state index contributed by atoms with van der Waals surface area (Å²) in [5, 5.41) is 12.3. The molecule has 0 radical (unpaired) electrons. The SMILES string of the molecule is CC1CNCC(COP(=O)(N(C)C)N2CC(P)OC(COP(=O)(N(C)C)N3CC(P)OC(COP(=O)(N(C)C)N4CC(P)OC(COP(=O)(N(C)C)N5CCN(C(=O)OCCO)CC5)C4)C3)C2)O1. The fourth-order valence-electron chi connectivity index (χ4n) is 8.29. The Hall–Kier alpha value is 0.760. The number of nitrogens with one attached hydrogen (secondary N) is 1. The van der Waals surface area contributed by atoms with Gasteiger partial charge in [0.25, 0.3) is 0 Å². The molecule has 0 aromatic heterocycles. The van der Waals surface area contributed by atoms with Gasteiger partial charge in [-0.25, -0.2) is 42.2 Å². The Bertz CT molecular complexity index is 1810. The highest BCUT2D eigenvalue weighted by Crippen LogP contribution is 2.58. The van der Waals surface area contributed by atoms with Gasteiger partial charge < -0.3 is 57.1 Å². The van der Waals surface area contributed by atoms with Crippen molar-refractivity contribution in [1.82, 2.24) is 47.6 Å². The molecule has 5 aliphatic rings. The van der Waals surface area contributed by atoms with Crippen LogP contribution in [-0.4, -0.2) is 276 Å². The molecule has 15 unspecified atom stereocenters. The number of rotatable bonds is 22. The number of morpholine rings is 4. The predicted molar refractivity (Wildman–Crippen MR) is 268 cm³/mol. The number of nitrogens with zero attached hydrogens (tertiary/aromatic N) is 9. The first-order valence-corrected chi connectivity index (χ1v) is 30.9. The molecular weight excluding hydrogens is 1030 g/mol. The van der Waals surface area contributed by atoms with Crippen LogP contribution in [0.4, 0.5) is 4.79 Å². The Kier molecular flexibility index (Phi) is 23.2. The van der Waals surface area contributed by atoms with Crippen molar-refractivity contribution in [1.29, 1.82) is 0 Å². The molecule has 25 nitrogen and oxygen atoms in total. The van der Waals surface area contributed by atoms with Crippen LogP contribution in [0.15, 0.2) is 0 Å². The summed E-state index contributed by atoms with van der Waals surface area (Å²) in [6, 6.07) is 0. The Labute approximate surface area is 410 Å². The highest BCUT2D eigenvalue weighted by molar-refractivity contribution is 7.55. The lowest BCUT2D eigenvalue weighted by molar-refractivity contribution is -0.0669. The smallest absolute Gasteiger partial charge is 0.409 e. The van der Waals surface area contributed by atoms with Crippen LogP contribution in [-0.2, 0) is 60.0 Å². The number of carbonyl (C=O) groups is 1. The van der Waals surface area contributed by atoms with Crippen LogP contribution < -0.4 is 5.32 Å². The maximum absolute atomic E-state index is 14.9. The topological polar surface area (TPSA) is 230 Å². The van der Waals surface area contributed by atoms with Gasteiger partial charge in [0.05, 0.1) is 81.1 Å². The van der Waals surface area contributed by atoms with Gasteiger partial charge >= 0.3 is 36.8 Å². The zero-order chi connectivity index (χ0) is 50.2. The van der Waals surface area contributed by atoms with Crippen LogP contribution in [0.5, 0.6) is 0 Å². The Morgan fingerprint density at radius 3 is 1.25 bits per heavy atom. The number of ether oxygens (including phenoxy) is 5. The second-order valence-corrected chi connectivity index (χ2v) is 30.7. The molecule has 0 aromatic carbocycles. The van der Waals surface area contributed by atoms with E-state index in [1.165, 1.54) is 14.2 Å². The van der Waals surface area contributed by atoms with Crippen molar-refractivity contribution in [2.24, 2.45) is 0 Å². The molecule has 5 aliphatic heterocycles. The molecule has 15 atom stereocenters. The average Bonchev–Trinajstić information content (AvgIpc) is 3.29.